The first-order valence-electron chi connectivity index (χ1n) is 4.47. The zero-order chi connectivity index (χ0) is 8.27. The number of hydrogen-bond donors (Lipinski definition) is 0. The highest BCUT2D eigenvalue weighted by Crippen LogP contribution is 2.29. The lowest BCUT2D eigenvalue weighted by molar-refractivity contribution is 0.0227. The summed E-state index contributed by atoms with van der Waals surface area (Å²) in [6, 6.07) is 0. The lowest BCUT2D eigenvalue weighted by Gasteiger charge is -2.31. The number of hydrogen-bond acceptors (Lipinski definition) is 1. The monoisotopic (exact) mass is 176 g/mol. The molecule has 0 amide bonds. The summed E-state index contributed by atoms with van der Waals surface area (Å²) in [5, 5.41) is 0.355. The van der Waals surface area contributed by atoms with E-state index in [0.29, 0.717) is 17.2 Å². The summed E-state index contributed by atoms with van der Waals surface area (Å²) in [4.78, 5) is 0. The molecule has 0 aromatic carbocycles. The molecule has 66 valence electrons. The van der Waals surface area contributed by atoms with Gasteiger partial charge >= 0.3 is 0 Å². The first-order valence-corrected chi connectivity index (χ1v) is 4.91. The molecule has 1 fully saturated rings. The molecule has 1 aliphatic rings. The quantitative estimate of drug-likeness (QED) is 0.588. The fraction of sp³-hybridized carbons (Fsp3) is 1.00. The minimum Gasteiger partial charge on any atom is -0.381 e. The van der Waals surface area contributed by atoms with Gasteiger partial charge in [-0.3, -0.25) is 0 Å². The molecule has 1 rings (SSSR count). The molecule has 0 aromatic heterocycles. The van der Waals surface area contributed by atoms with Crippen molar-refractivity contribution in [3.05, 3.63) is 0 Å². The van der Waals surface area contributed by atoms with Crippen LogP contribution in [0, 0.1) is 11.8 Å². The van der Waals surface area contributed by atoms with E-state index in [1.54, 1.807) is 0 Å². The molecular weight excluding hydrogens is 160 g/mol. The second kappa shape index (κ2) is 4.32. The average Bonchev–Trinajstić information content (AvgIpc) is 2.04. The molecule has 1 heterocycles. The fourth-order valence-corrected chi connectivity index (χ4v) is 2.11. The van der Waals surface area contributed by atoms with Crippen LogP contribution < -0.4 is 0 Å². The van der Waals surface area contributed by atoms with E-state index < -0.39 is 0 Å². The molecule has 1 nitrogen and oxygen atoms in total. The Hall–Kier alpha value is 0.250. The van der Waals surface area contributed by atoms with Crippen LogP contribution in [-0.4, -0.2) is 18.6 Å². The Kier molecular flexibility index (Phi) is 3.67. The topological polar surface area (TPSA) is 9.23 Å². The van der Waals surface area contributed by atoms with Gasteiger partial charge in [0.1, 0.15) is 0 Å². The third-order valence-electron chi connectivity index (χ3n) is 2.56. The average molecular weight is 177 g/mol. The van der Waals surface area contributed by atoms with Gasteiger partial charge in [-0.05, 0) is 24.7 Å². The Morgan fingerprint density at radius 2 is 2.36 bits per heavy atom. The van der Waals surface area contributed by atoms with E-state index in [1.807, 2.05) is 0 Å². The van der Waals surface area contributed by atoms with Crippen LogP contribution in [-0.2, 0) is 4.74 Å². The summed E-state index contributed by atoms with van der Waals surface area (Å²) in [7, 11) is 0. The van der Waals surface area contributed by atoms with Gasteiger partial charge in [-0.15, -0.1) is 11.6 Å². The highest BCUT2D eigenvalue weighted by molar-refractivity contribution is 6.20. The number of alkyl halides is 1. The van der Waals surface area contributed by atoms with Crippen LogP contribution in [0.1, 0.15) is 26.7 Å². The molecule has 11 heavy (non-hydrogen) atoms. The molecule has 0 aromatic rings. The molecule has 0 spiro atoms. The predicted molar refractivity (Wildman–Crippen MR) is 48.0 cm³/mol. The highest BCUT2D eigenvalue weighted by atomic mass is 35.5. The zero-order valence-electron chi connectivity index (χ0n) is 7.35. The predicted octanol–water partition coefficient (Wildman–Crippen LogP) is 2.68. The van der Waals surface area contributed by atoms with Crippen LogP contribution in [0.15, 0.2) is 0 Å². The first kappa shape index (κ1) is 9.34. The van der Waals surface area contributed by atoms with Gasteiger partial charge in [0, 0.05) is 18.6 Å². The Balaban J connectivity index is 2.40. The van der Waals surface area contributed by atoms with E-state index in [1.165, 1.54) is 0 Å². The van der Waals surface area contributed by atoms with Crippen molar-refractivity contribution in [1.82, 2.24) is 0 Å². The second-order valence-electron chi connectivity index (χ2n) is 3.43. The third kappa shape index (κ3) is 2.34. The molecule has 3 atom stereocenters. The molecule has 3 unspecified atom stereocenters. The van der Waals surface area contributed by atoms with Gasteiger partial charge in [0.2, 0.25) is 0 Å². The van der Waals surface area contributed by atoms with Crippen molar-refractivity contribution in [2.75, 3.05) is 13.2 Å². The molecule has 0 N–H and O–H groups in total. The Bertz CT molecular complexity index is 112. The van der Waals surface area contributed by atoms with Gasteiger partial charge in [-0.2, -0.15) is 0 Å². The fourth-order valence-electron chi connectivity index (χ4n) is 1.74. The smallest absolute Gasteiger partial charge is 0.0494 e. The summed E-state index contributed by atoms with van der Waals surface area (Å²) in [6.45, 7) is 6.18. The summed E-state index contributed by atoms with van der Waals surface area (Å²) >= 11 is 6.18. The Labute approximate surface area is 74.1 Å². The Morgan fingerprint density at radius 1 is 1.64 bits per heavy atom. The lowest BCUT2D eigenvalue weighted by atomic mass is 9.86. The van der Waals surface area contributed by atoms with Crippen LogP contribution in [0.4, 0.5) is 0 Å². The van der Waals surface area contributed by atoms with Crippen LogP contribution in [0.3, 0.4) is 0 Å². The first-order chi connectivity index (χ1) is 5.25. The van der Waals surface area contributed by atoms with E-state index in [0.717, 1.165) is 26.1 Å². The number of rotatable bonds is 2. The van der Waals surface area contributed by atoms with Crippen molar-refractivity contribution >= 4 is 11.6 Å². The van der Waals surface area contributed by atoms with E-state index in [4.69, 9.17) is 16.3 Å². The summed E-state index contributed by atoms with van der Waals surface area (Å²) in [5.74, 6) is 1.32. The van der Waals surface area contributed by atoms with Gasteiger partial charge < -0.3 is 4.74 Å². The largest absolute Gasteiger partial charge is 0.381 e. The standard InChI is InChI=1S/C9H17ClO/c1-3-9(10)8-4-5-11-6-7(8)2/h7-9H,3-6H2,1-2H3. The van der Waals surface area contributed by atoms with Gasteiger partial charge in [-0.1, -0.05) is 13.8 Å². The maximum atomic E-state index is 6.18. The number of ether oxygens (including phenoxy) is 1. The van der Waals surface area contributed by atoms with E-state index in [2.05, 4.69) is 13.8 Å². The van der Waals surface area contributed by atoms with Crippen molar-refractivity contribution in [1.29, 1.82) is 0 Å². The van der Waals surface area contributed by atoms with E-state index in [-0.39, 0.29) is 0 Å². The molecule has 0 radical (unpaired) electrons. The summed E-state index contributed by atoms with van der Waals surface area (Å²) in [5.41, 5.74) is 0. The molecule has 0 bridgehead atoms. The SMILES string of the molecule is CCC(Cl)C1CCOCC1C. The van der Waals surface area contributed by atoms with Crippen LogP contribution in [0.5, 0.6) is 0 Å². The van der Waals surface area contributed by atoms with Crippen molar-refractivity contribution in [3.63, 3.8) is 0 Å². The van der Waals surface area contributed by atoms with Crippen LogP contribution >= 0.6 is 11.6 Å². The second-order valence-corrected chi connectivity index (χ2v) is 3.99. The molecule has 2 heteroatoms. The Morgan fingerprint density at radius 3 is 2.91 bits per heavy atom. The lowest BCUT2D eigenvalue weighted by Crippen LogP contribution is -2.31. The minimum atomic E-state index is 0.355. The van der Waals surface area contributed by atoms with Gasteiger partial charge in [0.15, 0.2) is 0 Å². The molecule has 0 aliphatic carbocycles. The molecule has 1 saturated heterocycles. The normalized spacial score (nSPS) is 35.2. The minimum absolute atomic E-state index is 0.355. The maximum Gasteiger partial charge on any atom is 0.0494 e. The van der Waals surface area contributed by atoms with Gasteiger partial charge in [-0.25, -0.2) is 0 Å². The van der Waals surface area contributed by atoms with Crippen LogP contribution in [0.2, 0.25) is 0 Å². The number of halogens is 1. The highest BCUT2D eigenvalue weighted by Gasteiger charge is 2.26. The molecule has 1 aliphatic heterocycles. The zero-order valence-corrected chi connectivity index (χ0v) is 8.10. The van der Waals surface area contributed by atoms with Crippen molar-refractivity contribution < 1.29 is 4.74 Å². The van der Waals surface area contributed by atoms with Crippen molar-refractivity contribution in [2.45, 2.75) is 32.1 Å². The summed E-state index contributed by atoms with van der Waals surface area (Å²) in [6.07, 6.45) is 2.22. The van der Waals surface area contributed by atoms with Gasteiger partial charge in [0.25, 0.3) is 0 Å². The van der Waals surface area contributed by atoms with Crippen molar-refractivity contribution in [2.24, 2.45) is 11.8 Å². The van der Waals surface area contributed by atoms with E-state index >= 15 is 0 Å². The third-order valence-corrected chi connectivity index (χ3v) is 3.19. The molecular formula is C9H17ClO. The molecule has 0 saturated carbocycles. The maximum absolute atomic E-state index is 6.18. The van der Waals surface area contributed by atoms with Gasteiger partial charge in [0.05, 0.1) is 0 Å². The van der Waals surface area contributed by atoms with Crippen molar-refractivity contribution in [3.8, 4) is 0 Å². The van der Waals surface area contributed by atoms with E-state index in [9.17, 15) is 0 Å². The van der Waals surface area contributed by atoms with Crippen LogP contribution in [0.25, 0.3) is 0 Å². The summed E-state index contributed by atoms with van der Waals surface area (Å²) < 4.78 is 5.35.